The van der Waals surface area contributed by atoms with Gasteiger partial charge in [0.2, 0.25) is 5.91 Å². The van der Waals surface area contributed by atoms with E-state index in [9.17, 15) is 14.0 Å². The van der Waals surface area contributed by atoms with E-state index >= 15 is 0 Å². The van der Waals surface area contributed by atoms with Crippen molar-refractivity contribution in [2.75, 3.05) is 11.4 Å². The van der Waals surface area contributed by atoms with Crippen LogP contribution in [0.1, 0.15) is 25.3 Å². The summed E-state index contributed by atoms with van der Waals surface area (Å²) in [6, 6.07) is 8.11. The fourth-order valence-electron chi connectivity index (χ4n) is 2.92. The van der Waals surface area contributed by atoms with E-state index in [1.54, 1.807) is 24.4 Å². The number of benzene rings is 1. The summed E-state index contributed by atoms with van der Waals surface area (Å²) in [5.41, 5.74) is 0.0111. The molecule has 1 unspecified atom stereocenters. The van der Waals surface area contributed by atoms with Crippen molar-refractivity contribution in [2.45, 2.75) is 35.7 Å². The molecule has 124 valence electrons. The fourth-order valence-corrected chi connectivity index (χ4v) is 4.10. The standard InChI is InChI=1S/C17H16FN3O2S/c18-12-3-1-2-4-13(12)21-9-7-14(16(21)23)24-17-19-15(22)8-10-20(17)11-5-6-11/h1-4,8,10-11,14H,5-7,9H2. The van der Waals surface area contributed by atoms with Crippen molar-refractivity contribution >= 4 is 23.4 Å². The molecule has 2 heterocycles. The number of rotatable bonds is 4. The lowest BCUT2D eigenvalue weighted by Crippen LogP contribution is -2.29. The maximum atomic E-state index is 13.9. The van der Waals surface area contributed by atoms with Crippen LogP contribution in [0.4, 0.5) is 10.1 Å². The van der Waals surface area contributed by atoms with E-state index < -0.39 is 5.82 Å². The van der Waals surface area contributed by atoms with Crippen LogP contribution in [0.25, 0.3) is 0 Å². The summed E-state index contributed by atoms with van der Waals surface area (Å²) in [5, 5.41) is 0.239. The zero-order chi connectivity index (χ0) is 16.7. The van der Waals surface area contributed by atoms with Gasteiger partial charge in [-0.25, -0.2) is 4.39 Å². The minimum absolute atomic E-state index is 0.134. The van der Waals surface area contributed by atoms with E-state index in [-0.39, 0.29) is 16.7 Å². The number of hydrogen-bond acceptors (Lipinski definition) is 4. The molecule has 2 aromatic rings. The minimum Gasteiger partial charge on any atom is -0.324 e. The van der Waals surface area contributed by atoms with Crippen LogP contribution in [0.5, 0.6) is 0 Å². The zero-order valence-electron chi connectivity index (χ0n) is 12.9. The number of carbonyl (C=O) groups excluding carboxylic acids is 1. The first-order chi connectivity index (χ1) is 11.6. The number of thioether (sulfide) groups is 1. The molecule has 2 fully saturated rings. The fraction of sp³-hybridized carbons (Fsp3) is 0.353. The number of nitrogens with zero attached hydrogens (tertiary/aromatic N) is 3. The molecule has 1 atom stereocenters. The number of para-hydroxylation sites is 1. The van der Waals surface area contributed by atoms with Gasteiger partial charge in [-0.3, -0.25) is 9.59 Å². The molecule has 0 spiro atoms. The number of carbonyl (C=O) groups is 1. The predicted octanol–water partition coefficient (Wildman–Crippen LogP) is 2.61. The van der Waals surface area contributed by atoms with E-state index in [2.05, 4.69) is 4.98 Å². The topological polar surface area (TPSA) is 55.2 Å². The third kappa shape index (κ3) is 2.84. The average Bonchev–Trinajstić information content (AvgIpc) is 3.34. The molecular weight excluding hydrogens is 329 g/mol. The quantitative estimate of drug-likeness (QED) is 0.800. The van der Waals surface area contributed by atoms with E-state index in [4.69, 9.17) is 0 Å². The monoisotopic (exact) mass is 345 g/mol. The molecule has 1 aliphatic carbocycles. The Morgan fingerprint density at radius 2 is 1.92 bits per heavy atom. The normalized spacial score (nSPS) is 20.6. The van der Waals surface area contributed by atoms with Gasteiger partial charge in [0.25, 0.3) is 5.56 Å². The Morgan fingerprint density at radius 1 is 1.12 bits per heavy atom. The lowest BCUT2D eigenvalue weighted by Gasteiger charge is -2.17. The first-order valence-corrected chi connectivity index (χ1v) is 8.83. The van der Waals surface area contributed by atoms with E-state index in [1.807, 2.05) is 4.57 Å². The largest absolute Gasteiger partial charge is 0.324 e. The zero-order valence-corrected chi connectivity index (χ0v) is 13.7. The Hall–Kier alpha value is -2.15. The third-order valence-electron chi connectivity index (χ3n) is 4.29. The van der Waals surface area contributed by atoms with Crippen LogP contribution in [0, 0.1) is 5.82 Å². The van der Waals surface area contributed by atoms with Gasteiger partial charge < -0.3 is 9.47 Å². The van der Waals surface area contributed by atoms with Gasteiger partial charge in [0, 0.05) is 24.8 Å². The highest BCUT2D eigenvalue weighted by molar-refractivity contribution is 8.00. The lowest BCUT2D eigenvalue weighted by molar-refractivity contribution is -0.116. The summed E-state index contributed by atoms with van der Waals surface area (Å²) in [6.07, 6.45) is 4.49. The van der Waals surface area contributed by atoms with Crippen molar-refractivity contribution in [3.05, 3.63) is 52.7 Å². The molecule has 0 bridgehead atoms. The van der Waals surface area contributed by atoms with Crippen molar-refractivity contribution in [1.82, 2.24) is 9.55 Å². The maximum absolute atomic E-state index is 13.9. The Bertz CT molecular complexity index is 850. The SMILES string of the molecule is O=C1C(Sc2nc(=O)ccn2C2CC2)CCN1c1ccccc1F. The highest BCUT2D eigenvalue weighted by Crippen LogP contribution is 2.39. The van der Waals surface area contributed by atoms with Gasteiger partial charge in [0.05, 0.1) is 10.9 Å². The summed E-state index contributed by atoms with van der Waals surface area (Å²) < 4.78 is 15.9. The molecule has 0 radical (unpaired) electrons. The molecule has 7 heteroatoms. The second-order valence-electron chi connectivity index (χ2n) is 6.02. The molecule has 0 N–H and O–H groups in total. The van der Waals surface area contributed by atoms with Crippen LogP contribution in [0.3, 0.4) is 0 Å². The van der Waals surface area contributed by atoms with Crippen molar-refractivity contribution < 1.29 is 9.18 Å². The van der Waals surface area contributed by atoms with E-state index in [0.717, 1.165) is 12.8 Å². The van der Waals surface area contributed by atoms with Crippen LogP contribution in [-0.2, 0) is 4.79 Å². The summed E-state index contributed by atoms with van der Waals surface area (Å²) in [6.45, 7) is 0.470. The van der Waals surface area contributed by atoms with Crippen LogP contribution in [-0.4, -0.2) is 27.3 Å². The number of amides is 1. The average molecular weight is 345 g/mol. The minimum atomic E-state index is -0.399. The van der Waals surface area contributed by atoms with Gasteiger partial charge in [-0.1, -0.05) is 23.9 Å². The first kappa shape index (κ1) is 15.4. The molecule has 2 aliphatic rings. The molecule has 4 rings (SSSR count). The molecule has 1 aliphatic heterocycles. The highest BCUT2D eigenvalue weighted by Gasteiger charge is 2.36. The Balaban J connectivity index is 1.57. The van der Waals surface area contributed by atoms with Gasteiger partial charge in [-0.05, 0) is 31.4 Å². The number of aromatic nitrogens is 2. The smallest absolute Gasteiger partial charge is 0.273 e. The van der Waals surface area contributed by atoms with Crippen LogP contribution < -0.4 is 10.5 Å². The summed E-state index contributed by atoms with van der Waals surface area (Å²) in [5.74, 6) is -0.533. The second kappa shape index (κ2) is 6.05. The van der Waals surface area contributed by atoms with Gasteiger partial charge in [-0.2, -0.15) is 4.98 Å². The molecule has 24 heavy (non-hydrogen) atoms. The summed E-state index contributed by atoms with van der Waals surface area (Å²) in [7, 11) is 0. The van der Waals surface area contributed by atoms with Gasteiger partial charge in [0.15, 0.2) is 5.16 Å². The van der Waals surface area contributed by atoms with Gasteiger partial charge in [0.1, 0.15) is 5.82 Å². The molecule has 5 nitrogen and oxygen atoms in total. The maximum Gasteiger partial charge on any atom is 0.273 e. The number of hydrogen-bond donors (Lipinski definition) is 0. The van der Waals surface area contributed by atoms with Crippen molar-refractivity contribution in [3.63, 3.8) is 0 Å². The molecule has 1 aromatic heterocycles. The van der Waals surface area contributed by atoms with E-state index in [1.165, 1.54) is 28.8 Å². The van der Waals surface area contributed by atoms with Crippen LogP contribution >= 0.6 is 11.8 Å². The molecule has 1 saturated heterocycles. The third-order valence-corrected chi connectivity index (χ3v) is 5.53. The van der Waals surface area contributed by atoms with Crippen LogP contribution in [0.15, 0.2) is 46.5 Å². The molecule has 1 aromatic carbocycles. The van der Waals surface area contributed by atoms with Gasteiger partial charge in [-0.15, -0.1) is 0 Å². The van der Waals surface area contributed by atoms with Crippen LogP contribution in [0.2, 0.25) is 0 Å². The highest BCUT2D eigenvalue weighted by atomic mass is 32.2. The Labute approximate surface area is 142 Å². The summed E-state index contributed by atoms with van der Waals surface area (Å²) >= 11 is 1.31. The molecule has 1 saturated carbocycles. The number of anilines is 1. The predicted molar refractivity (Wildman–Crippen MR) is 89.8 cm³/mol. The number of halogens is 1. The van der Waals surface area contributed by atoms with Crippen molar-refractivity contribution in [2.24, 2.45) is 0 Å². The summed E-state index contributed by atoms with van der Waals surface area (Å²) in [4.78, 5) is 29.8. The van der Waals surface area contributed by atoms with E-state index in [0.29, 0.717) is 29.9 Å². The van der Waals surface area contributed by atoms with Crippen molar-refractivity contribution in [1.29, 1.82) is 0 Å². The van der Waals surface area contributed by atoms with Crippen molar-refractivity contribution in [3.8, 4) is 0 Å². The second-order valence-corrected chi connectivity index (χ2v) is 7.19. The first-order valence-electron chi connectivity index (χ1n) is 7.95. The molecular formula is C17H16FN3O2S. The van der Waals surface area contributed by atoms with Gasteiger partial charge >= 0.3 is 0 Å². The Morgan fingerprint density at radius 3 is 2.67 bits per heavy atom. The Kier molecular flexibility index (Phi) is 3.88. The lowest BCUT2D eigenvalue weighted by atomic mass is 10.3. The molecule has 1 amide bonds.